The quantitative estimate of drug-likeness (QED) is 0.847. The highest BCUT2D eigenvalue weighted by molar-refractivity contribution is 5.94. The van der Waals surface area contributed by atoms with Crippen LogP contribution in [0, 0.1) is 0 Å². The Morgan fingerprint density at radius 3 is 2.15 bits per heavy atom. The molecule has 1 aliphatic carbocycles. The normalized spacial score (nSPS) is 20.0. The number of aliphatic hydroxyl groups is 1. The molecule has 0 bridgehead atoms. The number of halogens is 2. The van der Waals surface area contributed by atoms with E-state index in [-0.39, 0.29) is 17.7 Å². The van der Waals surface area contributed by atoms with Gasteiger partial charge in [0.15, 0.2) is 0 Å². The Morgan fingerprint density at radius 2 is 1.58 bits per heavy atom. The number of alkyl halides is 2. The van der Waals surface area contributed by atoms with Crippen molar-refractivity contribution in [3.8, 4) is 16.9 Å². The molecule has 6 heteroatoms. The predicted octanol–water partition coefficient (Wildman–Crippen LogP) is 3.99. The third-order valence-electron chi connectivity index (χ3n) is 4.61. The van der Waals surface area contributed by atoms with Crippen LogP contribution in [0.2, 0.25) is 0 Å². The van der Waals surface area contributed by atoms with E-state index < -0.39 is 12.7 Å². The first-order chi connectivity index (χ1) is 12.5. The molecule has 138 valence electrons. The molecule has 1 saturated carbocycles. The molecule has 1 fully saturated rings. The highest BCUT2D eigenvalue weighted by Crippen LogP contribution is 2.24. The maximum Gasteiger partial charge on any atom is 0.387 e. The fraction of sp³-hybridized carbons (Fsp3) is 0.350. The molecule has 2 atom stereocenters. The van der Waals surface area contributed by atoms with Crippen molar-refractivity contribution in [3.05, 3.63) is 54.1 Å². The van der Waals surface area contributed by atoms with Gasteiger partial charge in [-0.25, -0.2) is 0 Å². The lowest BCUT2D eigenvalue weighted by atomic mass is 9.92. The van der Waals surface area contributed by atoms with Crippen LogP contribution in [-0.2, 0) is 0 Å². The van der Waals surface area contributed by atoms with Crippen molar-refractivity contribution in [1.29, 1.82) is 0 Å². The van der Waals surface area contributed by atoms with Crippen molar-refractivity contribution >= 4 is 5.91 Å². The van der Waals surface area contributed by atoms with Crippen LogP contribution in [0.1, 0.15) is 36.0 Å². The number of nitrogens with one attached hydrogen (secondary N) is 1. The predicted molar refractivity (Wildman–Crippen MR) is 94.2 cm³/mol. The molecule has 0 heterocycles. The van der Waals surface area contributed by atoms with Crippen molar-refractivity contribution < 1.29 is 23.4 Å². The fourth-order valence-corrected chi connectivity index (χ4v) is 3.17. The van der Waals surface area contributed by atoms with E-state index in [9.17, 15) is 18.7 Å². The number of carbonyl (C=O) groups excluding carboxylic acids is 1. The average molecular weight is 361 g/mol. The zero-order valence-corrected chi connectivity index (χ0v) is 14.2. The molecule has 0 radical (unpaired) electrons. The summed E-state index contributed by atoms with van der Waals surface area (Å²) in [6.45, 7) is -2.85. The Morgan fingerprint density at radius 1 is 1.00 bits per heavy atom. The van der Waals surface area contributed by atoms with Crippen molar-refractivity contribution in [2.45, 2.75) is 44.4 Å². The molecule has 0 spiro atoms. The van der Waals surface area contributed by atoms with Crippen molar-refractivity contribution in [1.82, 2.24) is 5.32 Å². The Hall–Kier alpha value is -2.47. The average Bonchev–Trinajstić information content (AvgIpc) is 2.64. The standard InChI is InChI=1S/C20H21F2NO3/c21-20(22)26-16-11-9-14(10-12-16)13-5-7-15(8-6-13)19(25)23-17-3-1-2-4-18(17)24/h5-12,17-18,20,24H,1-4H2,(H,23,25)/t17-,18-/m0/s1. The summed E-state index contributed by atoms with van der Waals surface area (Å²) in [6.07, 6.45) is 3.02. The van der Waals surface area contributed by atoms with Gasteiger partial charge in [-0.05, 0) is 48.2 Å². The molecule has 3 rings (SSSR count). The largest absolute Gasteiger partial charge is 0.435 e. The first-order valence-electron chi connectivity index (χ1n) is 8.67. The van der Waals surface area contributed by atoms with Crippen LogP contribution in [0.25, 0.3) is 11.1 Å². The monoisotopic (exact) mass is 361 g/mol. The summed E-state index contributed by atoms with van der Waals surface area (Å²) in [5.41, 5.74) is 2.22. The van der Waals surface area contributed by atoms with Crippen molar-refractivity contribution in [2.24, 2.45) is 0 Å². The van der Waals surface area contributed by atoms with Crippen LogP contribution in [0.4, 0.5) is 8.78 Å². The topological polar surface area (TPSA) is 58.6 Å². The first-order valence-corrected chi connectivity index (χ1v) is 8.67. The number of rotatable bonds is 5. The van der Waals surface area contributed by atoms with E-state index in [1.165, 1.54) is 12.1 Å². The number of amides is 1. The van der Waals surface area contributed by atoms with E-state index in [0.717, 1.165) is 36.8 Å². The van der Waals surface area contributed by atoms with Crippen LogP contribution in [0.15, 0.2) is 48.5 Å². The van der Waals surface area contributed by atoms with Gasteiger partial charge in [-0.15, -0.1) is 0 Å². The lowest BCUT2D eigenvalue weighted by molar-refractivity contribution is -0.0498. The maximum atomic E-state index is 12.3. The third kappa shape index (κ3) is 4.58. The van der Waals surface area contributed by atoms with E-state index in [0.29, 0.717) is 5.56 Å². The second-order valence-corrected chi connectivity index (χ2v) is 6.41. The fourth-order valence-electron chi connectivity index (χ4n) is 3.17. The maximum absolute atomic E-state index is 12.3. The van der Waals surface area contributed by atoms with Gasteiger partial charge in [-0.1, -0.05) is 37.1 Å². The highest BCUT2D eigenvalue weighted by atomic mass is 19.3. The SMILES string of the molecule is O=C(N[C@H]1CCCC[C@@H]1O)c1ccc(-c2ccc(OC(F)F)cc2)cc1. The van der Waals surface area contributed by atoms with Crippen molar-refractivity contribution in [2.75, 3.05) is 0 Å². The Balaban J connectivity index is 1.65. The molecule has 2 N–H and O–H groups in total. The third-order valence-corrected chi connectivity index (χ3v) is 4.61. The number of aliphatic hydroxyl groups excluding tert-OH is 1. The first kappa shape index (κ1) is 18.3. The number of carbonyl (C=O) groups is 1. The molecule has 0 saturated heterocycles. The zero-order chi connectivity index (χ0) is 18.5. The molecule has 4 nitrogen and oxygen atoms in total. The lowest BCUT2D eigenvalue weighted by Gasteiger charge is -2.28. The molecular weight excluding hydrogens is 340 g/mol. The minimum absolute atomic E-state index is 0.103. The molecule has 0 aliphatic heterocycles. The van der Waals surface area contributed by atoms with Crippen molar-refractivity contribution in [3.63, 3.8) is 0 Å². The second kappa shape index (κ2) is 8.27. The van der Waals surface area contributed by atoms with Gasteiger partial charge in [0.25, 0.3) is 5.91 Å². The van der Waals surface area contributed by atoms with Gasteiger partial charge in [-0.2, -0.15) is 8.78 Å². The van der Waals surface area contributed by atoms with Gasteiger partial charge < -0.3 is 15.2 Å². The molecule has 1 aliphatic rings. The Kier molecular flexibility index (Phi) is 5.83. The van der Waals surface area contributed by atoms with Gasteiger partial charge >= 0.3 is 6.61 Å². The summed E-state index contributed by atoms with van der Waals surface area (Å²) in [5.74, 6) is -0.103. The van der Waals surface area contributed by atoms with Crippen LogP contribution in [-0.4, -0.2) is 29.8 Å². The molecule has 1 amide bonds. The van der Waals surface area contributed by atoms with E-state index in [2.05, 4.69) is 10.1 Å². The van der Waals surface area contributed by atoms with Gasteiger partial charge in [0.05, 0.1) is 12.1 Å². The van der Waals surface area contributed by atoms with Crippen LogP contribution < -0.4 is 10.1 Å². The lowest BCUT2D eigenvalue weighted by Crippen LogP contribution is -2.45. The molecule has 0 unspecified atom stereocenters. The minimum atomic E-state index is -2.85. The zero-order valence-electron chi connectivity index (χ0n) is 14.2. The summed E-state index contributed by atoms with van der Waals surface area (Å²) in [4.78, 5) is 12.3. The second-order valence-electron chi connectivity index (χ2n) is 6.41. The Bertz CT molecular complexity index is 732. The molecule has 2 aromatic carbocycles. The number of benzene rings is 2. The van der Waals surface area contributed by atoms with E-state index in [1.807, 2.05) is 0 Å². The summed E-state index contributed by atoms with van der Waals surface area (Å²) >= 11 is 0. The van der Waals surface area contributed by atoms with Gasteiger partial charge in [0.1, 0.15) is 5.75 Å². The Labute approximate surface area is 150 Å². The number of hydrogen-bond acceptors (Lipinski definition) is 3. The smallest absolute Gasteiger partial charge is 0.387 e. The molecule has 2 aromatic rings. The molecular formula is C20H21F2NO3. The number of ether oxygens (including phenoxy) is 1. The summed E-state index contributed by atoms with van der Waals surface area (Å²) in [6, 6.07) is 13.2. The molecule has 0 aromatic heterocycles. The van der Waals surface area contributed by atoms with Gasteiger partial charge in [0.2, 0.25) is 0 Å². The van der Waals surface area contributed by atoms with Crippen LogP contribution in [0.5, 0.6) is 5.75 Å². The van der Waals surface area contributed by atoms with E-state index in [4.69, 9.17) is 0 Å². The summed E-state index contributed by atoms with van der Waals surface area (Å²) in [5, 5.41) is 12.9. The van der Waals surface area contributed by atoms with Crippen LogP contribution in [0.3, 0.4) is 0 Å². The van der Waals surface area contributed by atoms with Gasteiger partial charge in [0, 0.05) is 5.56 Å². The highest BCUT2D eigenvalue weighted by Gasteiger charge is 2.24. The van der Waals surface area contributed by atoms with Crippen LogP contribution >= 0.6 is 0 Å². The number of hydrogen-bond donors (Lipinski definition) is 2. The van der Waals surface area contributed by atoms with E-state index in [1.54, 1.807) is 36.4 Å². The minimum Gasteiger partial charge on any atom is -0.435 e. The van der Waals surface area contributed by atoms with Gasteiger partial charge in [-0.3, -0.25) is 4.79 Å². The summed E-state index contributed by atoms with van der Waals surface area (Å²) < 4.78 is 28.7. The van der Waals surface area contributed by atoms with E-state index >= 15 is 0 Å². The summed E-state index contributed by atoms with van der Waals surface area (Å²) in [7, 11) is 0. The molecule has 26 heavy (non-hydrogen) atoms.